The molecular formula is C3Cl4O2. The van der Waals surface area contributed by atoms with Gasteiger partial charge in [-0.3, -0.25) is 0 Å². The number of halogens is 4. The first kappa shape index (κ1) is 7.61. The summed E-state index contributed by atoms with van der Waals surface area (Å²) < 4.78 is 7.21. The fourth-order valence-electron chi connectivity index (χ4n) is 0.310. The molecule has 0 fully saturated rings. The van der Waals surface area contributed by atoms with E-state index in [1.165, 1.54) is 0 Å². The predicted octanol–water partition coefficient (Wildman–Crippen LogP) is 2.73. The Hall–Kier alpha value is 0.500. The molecule has 0 radical (unpaired) electrons. The van der Waals surface area contributed by atoms with Crippen LogP contribution in [0.15, 0.2) is 10.4 Å². The number of ether oxygens (including phenoxy) is 2. The van der Waals surface area contributed by atoms with Gasteiger partial charge in [-0.2, -0.15) is 0 Å². The van der Waals surface area contributed by atoms with Gasteiger partial charge in [0.15, 0.2) is 0 Å². The van der Waals surface area contributed by atoms with Crippen molar-refractivity contribution in [2.75, 3.05) is 0 Å². The van der Waals surface area contributed by atoms with Gasteiger partial charge in [0.2, 0.25) is 10.4 Å². The molecule has 0 aromatic rings. The molecule has 9 heavy (non-hydrogen) atoms. The zero-order valence-corrected chi connectivity index (χ0v) is 6.85. The molecule has 52 valence electrons. The summed E-state index contributed by atoms with van der Waals surface area (Å²) >= 11 is 21.1. The maximum absolute atomic E-state index is 5.28. The Bertz CT molecular complexity index is 147. The Labute approximate surface area is 71.2 Å². The van der Waals surface area contributed by atoms with Crippen LogP contribution in [0.5, 0.6) is 0 Å². The summed E-state index contributed by atoms with van der Waals surface area (Å²) in [6.45, 7) is 0. The largest absolute Gasteiger partial charge is 0.421 e. The van der Waals surface area contributed by atoms with Gasteiger partial charge < -0.3 is 9.47 Å². The molecule has 1 aliphatic heterocycles. The monoisotopic (exact) mass is 208 g/mol. The lowest BCUT2D eigenvalue weighted by Crippen LogP contribution is -2.12. The zero-order valence-electron chi connectivity index (χ0n) is 3.83. The number of hydrogen-bond donors (Lipinski definition) is 0. The van der Waals surface area contributed by atoms with Crippen LogP contribution in [0.2, 0.25) is 0 Å². The lowest BCUT2D eigenvalue weighted by atomic mass is 11.1. The Morgan fingerprint density at radius 1 is 1.00 bits per heavy atom. The predicted molar refractivity (Wildman–Crippen MR) is 35.3 cm³/mol. The van der Waals surface area contributed by atoms with Crippen LogP contribution < -0.4 is 0 Å². The average molecular weight is 210 g/mol. The summed E-state index contributed by atoms with van der Waals surface area (Å²) in [6.07, 6.45) is 0. The highest BCUT2D eigenvalue weighted by molar-refractivity contribution is 6.48. The highest BCUT2D eigenvalue weighted by Crippen LogP contribution is 2.40. The molecule has 1 rings (SSSR count). The third-order valence-electron chi connectivity index (χ3n) is 0.571. The zero-order chi connectivity index (χ0) is 7.07. The van der Waals surface area contributed by atoms with Gasteiger partial charge in [0.05, 0.1) is 0 Å². The normalized spacial score (nSPS) is 23.6. The minimum absolute atomic E-state index is 0.137. The van der Waals surface area contributed by atoms with Gasteiger partial charge in [0, 0.05) is 0 Å². The fraction of sp³-hybridized carbons (Fsp3) is 0.333. The number of rotatable bonds is 0. The summed E-state index contributed by atoms with van der Waals surface area (Å²) in [7, 11) is 0. The molecular weight excluding hydrogens is 210 g/mol. The molecule has 6 heteroatoms. The van der Waals surface area contributed by atoms with Crippen molar-refractivity contribution in [3.05, 3.63) is 10.4 Å². The number of alkyl halides is 2. The van der Waals surface area contributed by atoms with Crippen LogP contribution in [0.4, 0.5) is 0 Å². The molecule has 0 aromatic carbocycles. The quantitative estimate of drug-likeness (QED) is 0.572. The highest BCUT2D eigenvalue weighted by atomic mass is 35.5. The third kappa shape index (κ3) is 1.71. The molecule has 0 aliphatic carbocycles. The van der Waals surface area contributed by atoms with E-state index >= 15 is 0 Å². The molecule has 0 N–H and O–H groups in total. The molecule has 0 aromatic heterocycles. The summed E-state index contributed by atoms with van der Waals surface area (Å²) in [5.74, 6) is 0. The topological polar surface area (TPSA) is 18.5 Å². The van der Waals surface area contributed by atoms with Crippen LogP contribution >= 0.6 is 46.4 Å². The van der Waals surface area contributed by atoms with E-state index in [1.807, 2.05) is 0 Å². The second-order valence-corrected chi connectivity index (χ2v) is 3.09. The maximum atomic E-state index is 5.28. The first-order valence-corrected chi connectivity index (χ1v) is 3.33. The molecule has 0 bridgehead atoms. The summed E-state index contributed by atoms with van der Waals surface area (Å²) in [6, 6.07) is 0. The Morgan fingerprint density at radius 3 is 1.44 bits per heavy atom. The van der Waals surface area contributed by atoms with Gasteiger partial charge in [0.1, 0.15) is 0 Å². The molecule has 1 aliphatic rings. The van der Waals surface area contributed by atoms with Crippen molar-refractivity contribution in [3.63, 3.8) is 0 Å². The second-order valence-electron chi connectivity index (χ2n) is 1.21. The molecule has 0 atom stereocenters. The van der Waals surface area contributed by atoms with E-state index in [2.05, 4.69) is 9.47 Å². The van der Waals surface area contributed by atoms with E-state index in [-0.39, 0.29) is 10.4 Å². The fourth-order valence-corrected chi connectivity index (χ4v) is 1.07. The van der Waals surface area contributed by atoms with Crippen molar-refractivity contribution in [1.82, 2.24) is 0 Å². The van der Waals surface area contributed by atoms with Crippen LogP contribution in [0.25, 0.3) is 0 Å². The minimum atomic E-state index is -1.76. The third-order valence-corrected chi connectivity index (χ3v) is 1.47. The molecule has 0 saturated heterocycles. The molecule has 0 amide bonds. The maximum Gasteiger partial charge on any atom is 0.421 e. The van der Waals surface area contributed by atoms with E-state index in [0.717, 1.165) is 0 Å². The lowest BCUT2D eigenvalue weighted by Gasteiger charge is -2.09. The highest BCUT2D eigenvalue weighted by Gasteiger charge is 2.38. The summed E-state index contributed by atoms with van der Waals surface area (Å²) in [5.41, 5.74) is 0. The Balaban J connectivity index is 2.70. The molecule has 1 heterocycles. The van der Waals surface area contributed by atoms with E-state index in [9.17, 15) is 0 Å². The molecule has 2 nitrogen and oxygen atoms in total. The minimum Gasteiger partial charge on any atom is -0.411 e. The smallest absolute Gasteiger partial charge is 0.411 e. The van der Waals surface area contributed by atoms with Crippen LogP contribution in [0, 0.1) is 0 Å². The van der Waals surface area contributed by atoms with Crippen LogP contribution in [-0.2, 0) is 9.47 Å². The second kappa shape index (κ2) is 2.27. The first-order valence-electron chi connectivity index (χ1n) is 1.82. The first-order chi connectivity index (χ1) is 4.01. The summed E-state index contributed by atoms with van der Waals surface area (Å²) in [4.78, 5) is 0. The van der Waals surface area contributed by atoms with Gasteiger partial charge in [-0.05, 0) is 46.4 Å². The summed E-state index contributed by atoms with van der Waals surface area (Å²) in [5, 5.41) is -0.275. The van der Waals surface area contributed by atoms with E-state index in [4.69, 9.17) is 46.4 Å². The molecule has 0 spiro atoms. The van der Waals surface area contributed by atoms with Crippen LogP contribution in [0.3, 0.4) is 0 Å². The Morgan fingerprint density at radius 2 is 1.33 bits per heavy atom. The van der Waals surface area contributed by atoms with Crippen LogP contribution in [0.1, 0.15) is 0 Å². The SMILES string of the molecule is ClC1=C(Cl)OC(Cl)(Cl)O1. The number of hydrogen-bond acceptors (Lipinski definition) is 2. The van der Waals surface area contributed by atoms with Gasteiger partial charge >= 0.3 is 4.71 Å². The van der Waals surface area contributed by atoms with Gasteiger partial charge in [-0.1, -0.05) is 0 Å². The standard InChI is InChI=1S/C3Cl4O2/c4-1-2(5)9-3(6,7)8-1. The van der Waals surface area contributed by atoms with Gasteiger partial charge in [-0.15, -0.1) is 0 Å². The average Bonchev–Trinajstić information content (AvgIpc) is 1.79. The van der Waals surface area contributed by atoms with E-state index in [1.54, 1.807) is 0 Å². The van der Waals surface area contributed by atoms with Crippen molar-refractivity contribution in [2.24, 2.45) is 0 Å². The van der Waals surface area contributed by atoms with E-state index in [0.29, 0.717) is 0 Å². The van der Waals surface area contributed by atoms with Crippen molar-refractivity contribution in [1.29, 1.82) is 0 Å². The van der Waals surface area contributed by atoms with Gasteiger partial charge in [-0.25, -0.2) is 0 Å². The lowest BCUT2D eigenvalue weighted by molar-refractivity contribution is 0.00171. The van der Waals surface area contributed by atoms with Crippen molar-refractivity contribution in [2.45, 2.75) is 4.71 Å². The Kier molecular flexibility index (Phi) is 1.92. The van der Waals surface area contributed by atoms with Crippen molar-refractivity contribution in [3.8, 4) is 0 Å². The molecule has 0 unspecified atom stereocenters. The molecule has 0 saturated carbocycles. The van der Waals surface area contributed by atoms with E-state index < -0.39 is 4.71 Å². The van der Waals surface area contributed by atoms with Crippen LogP contribution in [-0.4, -0.2) is 4.71 Å². The van der Waals surface area contributed by atoms with Gasteiger partial charge in [0.25, 0.3) is 0 Å². The van der Waals surface area contributed by atoms with Crippen molar-refractivity contribution < 1.29 is 9.47 Å². The van der Waals surface area contributed by atoms with Crippen molar-refractivity contribution >= 4 is 46.4 Å².